The Morgan fingerprint density at radius 1 is 1.12 bits per heavy atom. The van der Waals surface area contributed by atoms with Crippen LogP contribution in [0.2, 0.25) is 0 Å². The van der Waals surface area contributed by atoms with E-state index in [9.17, 15) is 4.79 Å². The lowest BCUT2D eigenvalue weighted by molar-refractivity contribution is -0.129. The number of aryl methyl sites for hydroxylation is 1. The molecule has 1 saturated carbocycles. The summed E-state index contributed by atoms with van der Waals surface area (Å²) in [5, 5.41) is 1.21. The van der Waals surface area contributed by atoms with E-state index >= 15 is 0 Å². The molecular formula is C22H28N2OS. The molecule has 2 aromatic rings. The number of thioether (sulfide) groups is 1. The molecule has 0 saturated heterocycles. The van der Waals surface area contributed by atoms with Crippen LogP contribution in [0.3, 0.4) is 0 Å². The van der Waals surface area contributed by atoms with Crippen LogP contribution < -0.4 is 0 Å². The third-order valence-corrected chi connectivity index (χ3v) is 7.12. The van der Waals surface area contributed by atoms with Crippen LogP contribution in [0.15, 0.2) is 29.2 Å². The van der Waals surface area contributed by atoms with E-state index in [4.69, 9.17) is 4.98 Å². The number of carbonyl (C=O) groups excluding carboxylic acids is 1. The summed E-state index contributed by atoms with van der Waals surface area (Å²) in [5.41, 5.74) is 3.72. The number of fused-ring (bicyclic) bond motifs is 2. The van der Waals surface area contributed by atoms with Crippen LogP contribution in [-0.4, -0.2) is 34.6 Å². The molecule has 1 heterocycles. The summed E-state index contributed by atoms with van der Waals surface area (Å²) in [6.45, 7) is 0. The minimum Gasteiger partial charge on any atom is -0.342 e. The number of carbonyl (C=O) groups is 1. The molecule has 1 aromatic carbocycles. The Kier molecular flexibility index (Phi) is 5.49. The van der Waals surface area contributed by atoms with Gasteiger partial charge in [-0.1, -0.05) is 37.5 Å². The molecule has 26 heavy (non-hydrogen) atoms. The monoisotopic (exact) mass is 368 g/mol. The summed E-state index contributed by atoms with van der Waals surface area (Å²) in [6.07, 6.45) is 10.8. The molecule has 3 nitrogen and oxygen atoms in total. The average molecular weight is 369 g/mol. The van der Waals surface area contributed by atoms with Gasteiger partial charge in [0.2, 0.25) is 5.91 Å². The molecule has 1 fully saturated rings. The molecule has 0 aliphatic heterocycles. The van der Waals surface area contributed by atoms with Crippen LogP contribution >= 0.6 is 11.8 Å². The third kappa shape index (κ3) is 3.62. The molecule has 0 spiro atoms. The number of benzene rings is 1. The van der Waals surface area contributed by atoms with Crippen LogP contribution in [0.4, 0.5) is 0 Å². The number of nitrogens with zero attached hydrogens (tertiary/aromatic N) is 2. The van der Waals surface area contributed by atoms with Crippen LogP contribution in [0, 0.1) is 0 Å². The Hall–Kier alpha value is -1.55. The molecule has 1 amide bonds. The van der Waals surface area contributed by atoms with E-state index in [2.05, 4.69) is 24.3 Å². The second-order valence-electron chi connectivity index (χ2n) is 7.68. The van der Waals surface area contributed by atoms with Gasteiger partial charge in [-0.05, 0) is 50.2 Å². The average Bonchev–Trinajstić information content (AvgIpc) is 2.71. The van der Waals surface area contributed by atoms with Crippen molar-refractivity contribution in [3.05, 3.63) is 35.5 Å². The van der Waals surface area contributed by atoms with Crippen LogP contribution in [-0.2, 0) is 17.6 Å². The molecule has 2 aliphatic carbocycles. The van der Waals surface area contributed by atoms with Gasteiger partial charge in [0.1, 0.15) is 0 Å². The predicted octanol–water partition coefficient (Wildman–Crippen LogP) is 5.00. The van der Waals surface area contributed by atoms with Gasteiger partial charge in [-0.15, -0.1) is 11.8 Å². The predicted molar refractivity (Wildman–Crippen MR) is 109 cm³/mol. The maximum Gasteiger partial charge on any atom is 0.232 e. The van der Waals surface area contributed by atoms with E-state index < -0.39 is 0 Å². The quantitative estimate of drug-likeness (QED) is 0.712. The summed E-state index contributed by atoms with van der Waals surface area (Å²) in [7, 11) is 2.00. The van der Waals surface area contributed by atoms with Crippen molar-refractivity contribution in [1.29, 1.82) is 0 Å². The van der Waals surface area contributed by atoms with Gasteiger partial charge >= 0.3 is 0 Å². The van der Waals surface area contributed by atoms with Crippen LogP contribution in [0.5, 0.6) is 0 Å². The van der Waals surface area contributed by atoms with Crippen molar-refractivity contribution in [2.75, 3.05) is 12.8 Å². The van der Waals surface area contributed by atoms with E-state index in [0.717, 1.165) is 18.4 Å². The highest BCUT2D eigenvalue weighted by Gasteiger charge is 2.23. The molecule has 0 radical (unpaired) electrons. The first-order valence-electron chi connectivity index (χ1n) is 10.0. The lowest BCUT2D eigenvalue weighted by atomic mass is 9.94. The number of pyridine rings is 1. The highest BCUT2D eigenvalue weighted by molar-refractivity contribution is 8.00. The van der Waals surface area contributed by atoms with E-state index in [0.29, 0.717) is 11.8 Å². The first kappa shape index (κ1) is 17.8. The molecular weight excluding hydrogens is 340 g/mol. The summed E-state index contributed by atoms with van der Waals surface area (Å²) in [4.78, 5) is 21.0. The van der Waals surface area contributed by atoms with Gasteiger partial charge in [0, 0.05) is 29.1 Å². The minimum atomic E-state index is 0.271. The number of para-hydroxylation sites is 1. The van der Waals surface area contributed by atoms with Crippen molar-refractivity contribution in [2.45, 2.75) is 68.7 Å². The summed E-state index contributed by atoms with van der Waals surface area (Å²) < 4.78 is 0. The fourth-order valence-electron chi connectivity index (χ4n) is 4.40. The molecule has 4 rings (SSSR count). The second kappa shape index (κ2) is 7.99. The standard InChI is InChI=1S/C22H28N2OS/c1-24(16-9-3-2-4-10-16)21(25)15-26-22-17-11-5-7-13-19(17)23-20-14-8-6-12-18(20)22/h5,7,11,13,16H,2-4,6,8-10,12,14-15H2,1H3. The zero-order chi connectivity index (χ0) is 17.9. The minimum absolute atomic E-state index is 0.271. The van der Waals surface area contributed by atoms with E-state index in [1.54, 1.807) is 11.8 Å². The molecule has 1 aromatic heterocycles. The van der Waals surface area contributed by atoms with Crippen LogP contribution in [0.1, 0.15) is 56.2 Å². The summed E-state index contributed by atoms with van der Waals surface area (Å²) in [5.74, 6) is 0.806. The van der Waals surface area contributed by atoms with Gasteiger partial charge in [-0.25, -0.2) is 0 Å². The Morgan fingerprint density at radius 2 is 1.88 bits per heavy atom. The Labute approximate surface area is 160 Å². The van der Waals surface area contributed by atoms with Crippen molar-refractivity contribution in [2.24, 2.45) is 0 Å². The van der Waals surface area contributed by atoms with Gasteiger partial charge < -0.3 is 4.90 Å². The normalized spacial score (nSPS) is 17.9. The van der Waals surface area contributed by atoms with Crippen molar-refractivity contribution < 1.29 is 4.79 Å². The van der Waals surface area contributed by atoms with Crippen molar-refractivity contribution in [3.8, 4) is 0 Å². The largest absolute Gasteiger partial charge is 0.342 e. The molecule has 0 atom stereocenters. The number of hydrogen-bond acceptors (Lipinski definition) is 3. The fraction of sp³-hybridized carbons (Fsp3) is 0.545. The maximum atomic E-state index is 12.8. The van der Waals surface area contributed by atoms with Gasteiger partial charge in [-0.2, -0.15) is 0 Å². The van der Waals surface area contributed by atoms with Crippen molar-refractivity contribution >= 4 is 28.6 Å². The molecule has 0 bridgehead atoms. The van der Waals surface area contributed by atoms with Crippen molar-refractivity contribution in [3.63, 3.8) is 0 Å². The molecule has 0 unspecified atom stereocenters. The van der Waals surface area contributed by atoms with Gasteiger partial charge in [0.05, 0.1) is 11.3 Å². The number of aromatic nitrogens is 1. The third-order valence-electron chi connectivity index (χ3n) is 5.97. The second-order valence-corrected chi connectivity index (χ2v) is 8.66. The number of amides is 1. The van der Waals surface area contributed by atoms with Gasteiger partial charge in [0.25, 0.3) is 0 Å². The molecule has 138 valence electrons. The van der Waals surface area contributed by atoms with Crippen molar-refractivity contribution in [1.82, 2.24) is 9.88 Å². The lowest BCUT2D eigenvalue weighted by Gasteiger charge is -2.31. The smallest absolute Gasteiger partial charge is 0.232 e. The van der Waals surface area contributed by atoms with Crippen LogP contribution in [0.25, 0.3) is 10.9 Å². The fourth-order valence-corrected chi connectivity index (χ4v) is 5.59. The van der Waals surface area contributed by atoms with E-state index in [1.807, 2.05) is 11.9 Å². The summed E-state index contributed by atoms with van der Waals surface area (Å²) in [6, 6.07) is 8.85. The Bertz CT molecular complexity index is 798. The molecule has 0 N–H and O–H groups in total. The number of hydrogen-bond donors (Lipinski definition) is 0. The Balaban J connectivity index is 1.55. The topological polar surface area (TPSA) is 33.2 Å². The first-order valence-corrected chi connectivity index (χ1v) is 11.0. The molecule has 4 heteroatoms. The lowest BCUT2D eigenvalue weighted by Crippen LogP contribution is -2.39. The highest BCUT2D eigenvalue weighted by Crippen LogP contribution is 2.36. The summed E-state index contributed by atoms with van der Waals surface area (Å²) >= 11 is 1.73. The van der Waals surface area contributed by atoms with Gasteiger partial charge in [0.15, 0.2) is 0 Å². The first-order chi connectivity index (χ1) is 12.7. The maximum absolute atomic E-state index is 12.8. The number of rotatable bonds is 4. The van der Waals surface area contributed by atoms with Gasteiger partial charge in [-0.3, -0.25) is 9.78 Å². The highest BCUT2D eigenvalue weighted by atomic mass is 32.2. The molecule has 2 aliphatic rings. The SMILES string of the molecule is CN(C(=O)CSc1c2c(nc3ccccc13)CCCC2)C1CCCCC1. The Morgan fingerprint density at radius 3 is 2.73 bits per heavy atom. The van der Waals surface area contributed by atoms with E-state index in [1.165, 1.54) is 66.5 Å². The van der Waals surface area contributed by atoms with E-state index in [-0.39, 0.29) is 5.91 Å². The zero-order valence-electron chi connectivity index (χ0n) is 15.7. The zero-order valence-corrected chi connectivity index (χ0v) is 16.5.